The maximum Gasteiger partial charge on any atom is 0.243 e. The van der Waals surface area contributed by atoms with Crippen molar-refractivity contribution in [2.24, 2.45) is 0 Å². The molecule has 3 rings (SSSR count). The second kappa shape index (κ2) is 10.3. The van der Waals surface area contributed by atoms with Gasteiger partial charge in [0, 0.05) is 32.7 Å². The maximum atomic E-state index is 13.0. The highest BCUT2D eigenvalue weighted by molar-refractivity contribution is 7.91. The highest BCUT2D eigenvalue weighted by atomic mass is 32.2. The minimum Gasteiger partial charge on any atom is -0.497 e. The summed E-state index contributed by atoms with van der Waals surface area (Å²) < 4.78 is 57.9. The molecule has 2 aromatic rings. The Kier molecular flexibility index (Phi) is 7.97. The lowest BCUT2D eigenvalue weighted by molar-refractivity contribution is 0.197. The molecule has 1 aliphatic heterocycles. The first-order valence-electron chi connectivity index (χ1n) is 10.9. The minimum absolute atomic E-state index is 0.0238. The van der Waals surface area contributed by atoms with Gasteiger partial charge in [-0.25, -0.2) is 16.8 Å². The van der Waals surface area contributed by atoms with Gasteiger partial charge in [0.05, 0.1) is 22.7 Å². The molecular weight excluding hydrogens is 448 g/mol. The summed E-state index contributed by atoms with van der Waals surface area (Å²) in [4.78, 5) is 2.54. The molecule has 1 aliphatic rings. The Labute approximate surface area is 192 Å². The fourth-order valence-electron chi connectivity index (χ4n) is 3.71. The first-order chi connectivity index (χ1) is 15.2. The van der Waals surface area contributed by atoms with Gasteiger partial charge < -0.3 is 4.74 Å². The number of piperazine rings is 1. The molecule has 0 saturated carbocycles. The van der Waals surface area contributed by atoms with Crippen molar-refractivity contribution in [1.29, 1.82) is 0 Å². The summed E-state index contributed by atoms with van der Waals surface area (Å²) in [6.45, 7) is 6.27. The van der Waals surface area contributed by atoms with Crippen LogP contribution in [0.15, 0.2) is 58.3 Å². The van der Waals surface area contributed by atoms with Crippen LogP contribution in [0.3, 0.4) is 0 Å². The minimum atomic E-state index is -3.55. The highest BCUT2D eigenvalue weighted by Gasteiger charge is 2.29. The number of sulfone groups is 1. The molecule has 176 valence electrons. The number of methoxy groups -OCH3 is 1. The first kappa shape index (κ1) is 24.7. The van der Waals surface area contributed by atoms with E-state index in [1.807, 2.05) is 17.0 Å². The summed E-state index contributed by atoms with van der Waals surface area (Å²) in [5.41, 5.74) is 1.13. The van der Waals surface area contributed by atoms with Crippen LogP contribution in [-0.2, 0) is 19.9 Å². The molecule has 1 fully saturated rings. The van der Waals surface area contributed by atoms with Gasteiger partial charge in [-0.05, 0) is 48.2 Å². The van der Waals surface area contributed by atoms with E-state index in [-0.39, 0.29) is 10.6 Å². The van der Waals surface area contributed by atoms with Crippen LogP contribution >= 0.6 is 0 Å². The number of sulfonamides is 1. The van der Waals surface area contributed by atoms with E-state index < -0.39 is 19.9 Å². The summed E-state index contributed by atoms with van der Waals surface area (Å²) in [5.74, 6) is 0.870. The van der Waals surface area contributed by atoms with E-state index >= 15 is 0 Å². The van der Waals surface area contributed by atoms with E-state index in [1.54, 1.807) is 30.3 Å². The van der Waals surface area contributed by atoms with Gasteiger partial charge in [-0.3, -0.25) is 4.90 Å². The van der Waals surface area contributed by atoms with Crippen LogP contribution in [0.4, 0.5) is 0 Å². The Morgan fingerprint density at radius 1 is 0.938 bits per heavy atom. The van der Waals surface area contributed by atoms with Gasteiger partial charge in [-0.1, -0.05) is 32.0 Å². The highest BCUT2D eigenvalue weighted by Crippen LogP contribution is 2.23. The van der Waals surface area contributed by atoms with E-state index in [0.717, 1.165) is 12.0 Å². The van der Waals surface area contributed by atoms with Crippen LogP contribution in [-0.4, -0.2) is 71.6 Å². The molecule has 0 radical (unpaired) electrons. The van der Waals surface area contributed by atoms with Crippen molar-refractivity contribution >= 4 is 19.9 Å². The van der Waals surface area contributed by atoms with E-state index in [4.69, 9.17) is 4.74 Å². The molecule has 32 heavy (non-hydrogen) atoms. The third-order valence-electron chi connectivity index (χ3n) is 6.11. The summed E-state index contributed by atoms with van der Waals surface area (Å²) >= 11 is 0. The van der Waals surface area contributed by atoms with Gasteiger partial charge in [0.2, 0.25) is 10.0 Å². The summed E-state index contributed by atoms with van der Waals surface area (Å²) in [6.07, 6.45) is 1.00. The molecule has 0 aliphatic carbocycles. The van der Waals surface area contributed by atoms with Crippen molar-refractivity contribution in [3.05, 3.63) is 54.1 Å². The fourth-order valence-corrected chi connectivity index (χ4v) is 6.45. The number of nitrogens with zero attached hydrogens (tertiary/aromatic N) is 2. The van der Waals surface area contributed by atoms with Crippen LogP contribution < -0.4 is 4.74 Å². The lowest BCUT2D eigenvalue weighted by Gasteiger charge is -2.33. The van der Waals surface area contributed by atoms with Gasteiger partial charge in [0.15, 0.2) is 9.84 Å². The maximum absolute atomic E-state index is 13.0. The molecule has 0 bridgehead atoms. The Bertz CT molecular complexity index is 1110. The number of ether oxygens (including phenoxy) is 1. The number of benzene rings is 2. The first-order valence-corrected chi connectivity index (χ1v) is 14.0. The van der Waals surface area contributed by atoms with Crippen LogP contribution in [0.1, 0.15) is 31.7 Å². The number of hydrogen-bond donors (Lipinski definition) is 0. The van der Waals surface area contributed by atoms with Gasteiger partial charge in [0.25, 0.3) is 0 Å². The molecular formula is C23H32N2O5S2. The molecule has 1 heterocycles. The standard InChI is InChI=1S/C23H32N2O5S2/c1-4-19(2)20-8-10-22(11-9-20)32(28,29)25-14-12-24(13-15-25)16-17-31(26,27)23-7-5-6-21(18-23)30-3/h5-11,18-19H,4,12-17H2,1-3H3. The predicted molar refractivity (Wildman–Crippen MR) is 125 cm³/mol. The number of rotatable bonds is 9. The summed E-state index contributed by atoms with van der Waals surface area (Å²) in [5, 5.41) is 0. The Balaban J connectivity index is 1.57. The third kappa shape index (κ3) is 5.70. The Morgan fingerprint density at radius 2 is 1.59 bits per heavy atom. The van der Waals surface area contributed by atoms with Crippen molar-refractivity contribution in [2.45, 2.75) is 36.0 Å². The van der Waals surface area contributed by atoms with Gasteiger partial charge in [-0.15, -0.1) is 0 Å². The Hall–Kier alpha value is -1.94. The third-order valence-corrected chi connectivity index (χ3v) is 9.71. The molecule has 0 N–H and O–H groups in total. The lowest BCUT2D eigenvalue weighted by atomic mass is 9.99. The van der Waals surface area contributed by atoms with Crippen LogP contribution in [0.25, 0.3) is 0 Å². The molecule has 7 nitrogen and oxygen atoms in total. The zero-order chi connectivity index (χ0) is 23.4. The second-order valence-electron chi connectivity index (χ2n) is 8.12. The average Bonchev–Trinajstić information content (AvgIpc) is 2.82. The van der Waals surface area contributed by atoms with E-state index in [2.05, 4.69) is 13.8 Å². The molecule has 1 atom stereocenters. The van der Waals surface area contributed by atoms with Gasteiger partial charge in [0.1, 0.15) is 5.75 Å². The van der Waals surface area contributed by atoms with E-state index in [9.17, 15) is 16.8 Å². The Morgan fingerprint density at radius 3 is 2.19 bits per heavy atom. The summed E-state index contributed by atoms with van der Waals surface area (Å²) in [7, 11) is -5.50. The quantitative estimate of drug-likeness (QED) is 0.549. The average molecular weight is 481 g/mol. The van der Waals surface area contributed by atoms with Gasteiger partial charge in [-0.2, -0.15) is 4.31 Å². The molecule has 9 heteroatoms. The lowest BCUT2D eigenvalue weighted by Crippen LogP contribution is -2.49. The zero-order valence-electron chi connectivity index (χ0n) is 18.9. The monoisotopic (exact) mass is 480 g/mol. The van der Waals surface area contributed by atoms with Gasteiger partial charge >= 0.3 is 0 Å². The zero-order valence-corrected chi connectivity index (χ0v) is 20.5. The van der Waals surface area contributed by atoms with Crippen molar-refractivity contribution in [3.8, 4) is 5.75 Å². The van der Waals surface area contributed by atoms with Crippen molar-refractivity contribution in [1.82, 2.24) is 9.21 Å². The van der Waals surface area contributed by atoms with Crippen molar-refractivity contribution in [2.75, 3.05) is 45.6 Å². The van der Waals surface area contributed by atoms with Crippen LogP contribution in [0.5, 0.6) is 5.75 Å². The molecule has 0 aromatic heterocycles. The fraction of sp³-hybridized carbons (Fsp3) is 0.478. The van der Waals surface area contributed by atoms with Crippen molar-refractivity contribution in [3.63, 3.8) is 0 Å². The SMILES string of the molecule is CCC(C)c1ccc(S(=O)(=O)N2CCN(CCS(=O)(=O)c3cccc(OC)c3)CC2)cc1. The largest absolute Gasteiger partial charge is 0.497 e. The number of hydrogen-bond acceptors (Lipinski definition) is 6. The van der Waals surface area contributed by atoms with E-state index in [0.29, 0.717) is 49.3 Å². The second-order valence-corrected chi connectivity index (χ2v) is 12.2. The molecule has 1 unspecified atom stereocenters. The summed E-state index contributed by atoms with van der Waals surface area (Å²) in [6, 6.07) is 13.6. The van der Waals surface area contributed by atoms with E-state index in [1.165, 1.54) is 17.5 Å². The van der Waals surface area contributed by atoms with Crippen LogP contribution in [0.2, 0.25) is 0 Å². The predicted octanol–water partition coefficient (Wildman–Crippen LogP) is 2.99. The van der Waals surface area contributed by atoms with Crippen LogP contribution in [0, 0.1) is 0 Å². The normalized spacial score (nSPS) is 17.2. The van der Waals surface area contributed by atoms with Crippen molar-refractivity contribution < 1.29 is 21.6 Å². The molecule has 0 spiro atoms. The topological polar surface area (TPSA) is 84.0 Å². The molecule has 1 saturated heterocycles. The smallest absolute Gasteiger partial charge is 0.243 e. The molecule has 2 aromatic carbocycles. The molecule has 0 amide bonds.